The van der Waals surface area contributed by atoms with Crippen molar-refractivity contribution in [2.24, 2.45) is 0 Å². The van der Waals surface area contributed by atoms with Gasteiger partial charge in [-0.15, -0.1) is 0 Å². The molecule has 4 aromatic carbocycles. The summed E-state index contributed by atoms with van der Waals surface area (Å²) in [6.07, 6.45) is 2.43. The maximum absolute atomic E-state index is 13.8. The Hall–Kier alpha value is -6.50. The summed E-state index contributed by atoms with van der Waals surface area (Å²) in [5.74, 6) is -1.21. The van der Waals surface area contributed by atoms with Crippen LogP contribution < -0.4 is 5.11 Å². The van der Waals surface area contributed by atoms with Crippen molar-refractivity contribution in [2.75, 3.05) is 0 Å². The van der Waals surface area contributed by atoms with Gasteiger partial charge in [-0.1, -0.05) is 60.7 Å². The molecule has 17 heteroatoms. The number of esters is 1. The zero-order valence-electron chi connectivity index (χ0n) is 42.0. The Morgan fingerprint density at radius 2 is 0.907 bits per heavy atom. The number of imidazole rings is 2. The van der Waals surface area contributed by atoms with E-state index in [1.54, 1.807) is 69.8 Å². The van der Waals surface area contributed by atoms with Gasteiger partial charge in [0.25, 0.3) is 0 Å². The molecule has 0 saturated heterocycles. The zero-order valence-corrected chi connectivity index (χ0v) is 44.3. The van der Waals surface area contributed by atoms with Crippen molar-refractivity contribution in [2.45, 2.75) is 102 Å². The Morgan fingerprint density at radius 1 is 0.533 bits per heavy atom. The number of ether oxygens (including phenoxy) is 1. The molecule has 0 radical (unpaired) electrons. The molecule has 4 heterocycles. The summed E-state index contributed by atoms with van der Waals surface area (Å²) in [7, 11) is 0. The Labute approximate surface area is 464 Å². The number of hydrogen-bond donors (Lipinski definition) is 4. The Morgan fingerprint density at radius 3 is 1.27 bits per heavy atom. The van der Waals surface area contributed by atoms with E-state index in [1.807, 2.05) is 94.1 Å². The van der Waals surface area contributed by atoms with E-state index in [2.05, 4.69) is 9.97 Å². The number of aliphatic hydroxyl groups excluding tert-OH is 4. The molecule has 4 atom stereocenters. The van der Waals surface area contributed by atoms with Crippen molar-refractivity contribution in [1.29, 1.82) is 0 Å². The minimum Gasteiger partial charge on any atom is -0.550 e. The van der Waals surface area contributed by atoms with Gasteiger partial charge in [-0.05, 0) is 119 Å². The van der Waals surface area contributed by atoms with Crippen LogP contribution in [-0.2, 0) is 27.4 Å². The Bertz CT molecular complexity index is 3050. The van der Waals surface area contributed by atoms with Gasteiger partial charge in [-0.2, -0.15) is 0 Å². The molecule has 0 saturated carbocycles. The molecular weight excluding hydrogens is 987 g/mol. The first-order chi connectivity index (χ1) is 35.5. The Kier molecular flexibility index (Phi) is 21.1. The molecule has 0 spiro atoms. The summed E-state index contributed by atoms with van der Waals surface area (Å²) < 4.78 is 36.8. The summed E-state index contributed by atoms with van der Waals surface area (Å²) in [6.45, 7) is 5.99. The van der Waals surface area contributed by atoms with Gasteiger partial charge in [0.2, 0.25) is 0 Å². The van der Waals surface area contributed by atoms with Crippen molar-refractivity contribution >= 4 is 49.7 Å². The second-order valence-corrected chi connectivity index (χ2v) is 18.8. The molecule has 0 fully saturated rings. The zero-order chi connectivity index (χ0) is 52.8. The fraction of sp³-hybridized carbons (Fsp3) is 0.276. The van der Waals surface area contributed by atoms with Crippen molar-refractivity contribution < 1.29 is 48.6 Å². The van der Waals surface area contributed by atoms with E-state index in [-0.39, 0.29) is 75.1 Å². The number of carbonyl (C=O) groups is 2. The number of aromatic nitrogens is 6. The molecule has 4 N–H and O–H groups in total. The minimum atomic E-state index is -1.37. The molecule has 8 rings (SSSR count). The van der Waals surface area contributed by atoms with Crippen molar-refractivity contribution in [3.8, 4) is 67.8 Å². The van der Waals surface area contributed by atoms with Gasteiger partial charge in [-0.3, -0.25) is 14.8 Å². The fourth-order valence-electron chi connectivity index (χ4n) is 8.53. The van der Waals surface area contributed by atoms with Crippen molar-refractivity contribution in [3.05, 3.63) is 170 Å². The average molecular weight is 1050 g/mol. The van der Waals surface area contributed by atoms with Crippen LogP contribution in [0.25, 0.3) is 67.8 Å². The largest absolute Gasteiger partial charge is 2.00 e. The SMILES string of the molecule is CC(C)(C)OC(=O)C[C@H](O)C[C@H](O)CCn1c(-c2ccccc2)nc(-c2ccncc2)c1-c1ccc(F)cc1.O=C([O-])C[C@H](O)C[C@H](O)CCn1c(-c2ccccc2)nc(-c2ccncc2)c1-c1ccc(F)cc1.[Ca+2]. The molecule has 0 aliphatic heterocycles. The van der Waals surface area contributed by atoms with Crippen LogP contribution in [0.4, 0.5) is 8.78 Å². The normalized spacial score (nSPS) is 12.9. The van der Waals surface area contributed by atoms with Crippen LogP contribution in [0.2, 0.25) is 0 Å². The number of nitrogens with zero attached hydrogens (tertiary/aromatic N) is 6. The third-order valence-corrected chi connectivity index (χ3v) is 11.8. The van der Waals surface area contributed by atoms with Crippen LogP contribution in [0.1, 0.15) is 59.3 Å². The molecular formula is C58H59CaF2N6O8+. The van der Waals surface area contributed by atoms with Crippen LogP contribution in [0.5, 0.6) is 0 Å². The molecule has 14 nitrogen and oxygen atoms in total. The number of halogens is 2. The third kappa shape index (κ3) is 16.5. The fourth-order valence-corrected chi connectivity index (χ4v) is 8.53. The molecule has 8 aromatic rings. The molecule has 0 aliphatic carbocycles. The first-order valence-electron chi connectivity index (χ1n) is 24.3. The summed E-state index contributed by atoms with van der Waals surface area (Å²) >= 11 is 0. The van der Waals surface area contributed by atoms with Gasteiger partial charge >= 0.3 is 43.7 Å². The van der Waals surface area contributed by atoms with Gasteiger partial charge < -0.3 is 44.2 Å². The van der Waals surface area contributed by atoms with E-state index in [0.717, 1.165) is 44.8 Å². The number of aliphatic hydroxyl groups is 4. The molecule has 75 heavy (non-hydrogen) atoms. The second-order valence-electron chi connectivity index (χ2n) is 18.8. The minimum absolute atomic E-state index is 0. The van der Waals surface area contributed by atoms with Crippen molar-refractivity contribution in [3.63, 3.8) is 0 Å². The van der Waals surface area contributed by atoms with Gasteiger partial charge in [0.1, 0.15) is 28.9 Å². The maximum atomic E-state index is 13.8. The standard InChI is InChI=1S/C31H34FN3O4.C27H26FN3O4.Ca/c1-31(2,3)39-27(38)20-26(37)19-25(36)15-18-35-29(22-9-11-24(32)12-10-22)28(21-13-16-33-17-14-21)34-30(35)23-7-5-4-6-8-23;28-21-8-6-19(7-9-21)26-25(18-10-13-29-14-11-18)30-27(20-4-2-1-3-5-20)31(26)15-12-22(32)16-23(33)17-24(34)35;/h4-14,16-17,25-26,36-37H,15,18-20H2,1-3H3;1-11,13-14,22-23,32-33H,12,15-17H2,(H,34,35);/q;;+2/p-1/t25-,26-;22-,23-;/m11./s1. The topological polar surface area (TPSA) is 209 Å². The summed E-state index contributed by atoms with van der Waals surface area (Å²) in [4.78, 5) is 41.0. The van der Waals surface area contributed by atoms with Gasteiger partial charge in [0.15, 0.2) is 0 Å². The van der Waals surface area contributed by atoms with Crippen LogP contribution in [0, 0.1) is 11.6 Å². The van der Waals surface area contributed by atoms with Crippen LogP contribution >= 0.6 is 0 Å². The van der Waals surface area contributed by atoms with Gasteiger partial charge in [-0.25, -0.2) is 18.7 Å². The second kappa shape index (κ2) is 27.3. The Balaban J connectivity index is 0.000000242. The van der Waals surface area contributed by atoms with Crippen molar-refractivity contribution in [1.82, 2.24) is 29.1 Å². The van der Waals surface area contributed by atoms with E-state index in [4.69, 9.17) is 14.7 Å². The maximum Gasteiger partial charge on any atom is 2.00 e. The average Bonchev–Trinajstić information content (AvgIpc) is 3.96. The molecule has 0 bridgehead atoms. The number of carboxylic acids is 1. The predicted molar refractivity (Wildman–Crippen MR) is 281 cm³/mol. The third-order valence-electron chi connectivity index (χ3n) is 11.8. The van der Waals surface area contributed by atoms with E-state index in [0.29, 0.717) is 42.5 Å². The van der Waals surface area contributed by atoms with E-state index in [1.165, 1.54) is 24.3 Å². The molecule has 0 amide bonds. The number of benzene rings is 4. The molecule has 0 aliphatic rings. The number of pyridine rings is 2. The van der Waals surface area contributed by atoms with E-state index < -0.39 is 48.4 Å². The van der Waals surface area contributed by atoms with E-state index >= 15 is 0 Å². The molecule has 384 valence electrons. The summed E-state index contributed by atoms with van der Waals surface area (Å²) in [6, 6.07) is 39.1. The quantitative estimate of drug-likeness (QED) is 0.0420. The number of aliphatic carboxylic acids is 1. The van der Waals surface area contributed by atoms with Crippen LogP contribution in [0.15, 0.2) is 158 Å². The number of carboxylic acid groups (broad SMARTS) is 1. The van der Waals surface area contributed by atoms with Crippen LogP contribution in [-0.4, -0.2) is 129 Å². The summed E-state index contributed by atoms with van der Waals surface area (Å²) in [5, 5.41) is 52.4. The van der Waals surface area contributed by atoms with Gasteiger partial charge in [0, 0.05) is 83.6 Å². The van der Waals surface area contributed by atoms with Gasteiger partial charge in [0.05, 0.1) is 53.6 Å². The predicted octanol–water partition coefficient (Wildman–Crippen LogP) is 8.33. The molecule has 4 aromatic heterocycles. The first kappa shape index (κ1) is 57.8. The number of rotatable bonds is 20. The number of carbonyl (C=O) groups excluding carboxylic acids is 2. The van der Waals surface area contributed by atoms with E-state index in [9.17, 15) is 43.9 Å². The smallest absolute Gasteiger partial charge is 0.550 e. The molecule has 0 unspecified atom stereocenters. The summed E-state index contributed by atoms with van der Waals surface area (Å²) in [5.41, 5.74) is 7.24. The number of hydrogen-bond acceptors (Lipinski definition) is 12. The monoisotopic (exact) mass is 1050 g/mol. The first-order valence-corrected chi connectivity index (χ1v) is 24.3. The van der Waals surface area contributed by atoms with Crippen LogP contribution in [0.3, 0.4) is 0 Å².